The summed E-state index contributed by atoms with van der Waals surface area (Å²) in [6.07, 6.45) is 0.0997. The van der Waals surface area contributed by atoms with Gasteiger partial charge in [-0.1, -0.05) is 17.7 Å². The smallest absolute Gasteiger partial charge is 0.325 e. The normalized spacial score (nSPS) is 11.7. The van der Waals surface area contributed by atoms with Crippen molar-refractivity contribution >= 4 is 11.9 Å². The summed E-state index contributed by atoms with van der Waals surface area (Å²) in [4.78, 5) is 22.3. The third-order valence-electron chi connectivity index (χ3n) is 2.53. The number of carbonyl (C=O) groups excluding carboxylic acids is 1. The van der Waals surface area contributed by atoms with Gasteiger partial charge in [-0.3, -0.25) is 9.59 Å². The molecule has 1 unspecified atom stereocenters. The fourth-order valence-electron chi connectivity index (χ4n) is 1.57. The Hall–Kier alpha value is -2.04. The summed E-state index contributed by atoms with van der Waals surface area (Å²) >= 11 is 0. The van der Waals surface area contributed by atoms with Crippen molar-refractivity contribution < 1.29 is 19.4 Å². The lowest BCUT2D eigenvalue weighted by Gasteiger charge is -2.12. The van der Waals surface area contributed by atoms with E-state index in [0.29, 0.717) is 5.75 Å². The first-order chi connectivity index (χ1) is 8.43. The summed E-state index contributed by atoms with van der Waals surface area (Å²) < 4.78 is 5.16. The number of aryl methyl sites for hydroxylation is 1. The summed E-state index contributed by atoms with van der Waals surface area (Å²) in [5, 5.41) is 11.1. The van der Waals surface area contributed by atoms with Crippen LogP contribution in [0.5, 0.6) is 5.75 Å². The molecule has 0 saturated carbocycles. The van der Waals surface area contributed by atoms with Gasteiger partial charge >= 0.3 is 5.97 Å². The Bertz CT molecular complexity index is 456. The van der Waals surface area contributed by atoms with Gasteiger partial charge < -0.3 is 15.2 Å². The number of amides is 1. The van der Waals surface area contributed by atoms with E-state index in [4.69, 9.17) is 9.84 Å². The van der Waals surface area contributed by atoms with Gasteiger partial charge in [0.25, 0.3) is 0 Å². The van der Waals surface area contributed by atoms with Crippen LogP contribution in [0.4, 0.5) is 0 Å². The molecular formula is C13H17NO4. The van der Waals surface area contributed by atoms with Gasteiger partial charge in [0.2, 0.25) is 5.91 Å². The number of aliphatic carboxylic acids is 1. The summed E-state index contributed by atoms with van der Waals surface area (Å²) in [6, 6.07) is 4.64. The molecular weight excluding hydrogens is 234 g/mol. The van der Waals surface area contributed by atoms with Crippen molar-refractivity contribution in [1.82, 2.24) is 5.32 Å². The number of hydrogen-bond donors (Lipinski definition) is 2. The molecule has 18 heavy (non-hydrogen) atoms. The maximum atomic E-state index is 11.7. The van der Waals surface area contributed by atoms with Crippen molar-refractivity contribution in [3.05, 3.63) is 29.3 Å². The minimum atomic E-state index is -1.06. The van der Waals surface area contributed by atoms with E-state index in [9.17, 15) is 9.59 Å². The second kappa shape index (κ2) is 6.05. The van der Waals surface area contributed by atoms with Crippen molar-refractivity contribution in [2.75, 3.05) is 7.11 Å². The van der Waals surface area contributed by atoms with Crippen LogP contribution in [0.3, 0.4) is 0 Å². The molecule has 0 aliphatic carbocycles. The fraction of sp³-hybridized carbons (Fsp3) is 0.385. The zero-order chi connectivity index (χ0) is 13.7. The molecule has 5 nitrogen and oxygen atoms in total. The van der Waals surface area contributed by atoms with E-state index in [2.05, 4.69) is 5.32 Å². The molecule has 0 fully saturated rings. The van der Waals surface area contributed by atoms with Crippen molar-refractivity contribution in [2.24, 2.45) is 0 Å². The van der Waals surface area contributed by atoms with E-state index < -0.39 is 12.0 Å². The van der Waals surface area contributed by atoms with E-state index in [1.807, 2.05) is 19.1 Å². The van der Waals surface area contributed by atoms with Gasteiger partial charge in [0.15, 0.2) is 0 Å². The van der Waals surface area contributed by atoms with Crippen molar-refractivity contribution in [1.29, 1.82) is 0 Å². The van der Waals surface area contributed by atoms with Gasteiger partial charge in [-0.15, -0.1) is 0 Å². The molecule has 0 heterocycles. The molecule has 0 bridgehead atoms. The van der Waals surface area contributed by atoms with Gasteiger partial charge in [0.1, 0.15) is 11.8 Å². The Morgan fingerprint density at radius 3 is 2.67 bits per heavy atom. The van der Waals surface area contributed by atoms with Crippen LogP contribution >= 0.6 is 0 Å². The average molecular weight is 251 g/mol. The van der Waals surface area contributed by atoms with Crippen LogP contribution in [0.25, 0.3) is 0 Å². The first-order valence-electron chi connectivity index (χ1n) is 5.59. The number of benzene rings is 1. The maximum absolute atomic E-state index is 11.7. The van der Waals surface area contributed by atoms with Crippen LogP contribution in [-0.4, -0.2) is 30.1 Å². The lowest BCUT2D eigenvalue weighted by molar-refractivity contribution is -0.141. The third-order valence-corrected chi connectivity index (χ3v) is 2.53. The minimum absolute atomic E-state index is 0.0997. The molecule has 1 atom stereocenters. The lowest BCUT2D eigenvalue weighted by atomic mass is 10.1. The largest absolute Gasteiger partial charge is 0.496 e. The number of carbonyl (C=O) groups is 2. The molecule has 0 spiro atoms. The molecule has 0 radical (unpaired) electrons. The van der Waals surface area contributed by atoms with E-state index in [1.165, 1.54) is 14.0 Å². The number of rotatable bonds is 5. The second-order valence-corrected chi connectivity index (χ2v) is 4.12. The van der Waals surface area contributed by atoms with Gasteiger partial charge in [-0.05, 0) is 19.9 Å². The lowest BCUT2D eigenvalue weighted by Crippen LogP contribution is -2.39. The quantitative estimate of drug-likeness (QED) is 0.822. The highest BCUT2D eigenvalue weighted by atomic mass is 16.5. The number of carboxylic acid groups (broad SMARTS) is 1. The van der Waals surface area contributed by atoms with Crippen LogP contribution < -0.4 is 10.1 Å². The number of nitrogens with one attached hydrogen (secondary N) is 1. The van der Waals surface area contributed by atoms with Crippen molar-refractivity contribution in [3.8, 4) is 5.75 Å². The fourth-order valence-corrected chi connectivity index (χ4v) is 1.57. The zero-order valence-corrected chi connectivity index (χ0v) is 10.7. The van der Waals surface area contributed by atoms with Crippen LogP contribution in [0.15, 0.2) is 18.2 Å². The maximum Gasteiger partial charge on any atom is 0.325 e. The van der Waals surface area contributed by atoms with Gasteiger partial charge in [0, 0.05) is 5.56 Å². The van der Waals surface area contributed by atoms with E-state index in [-0.39, 0.29) is 12.3 Å². The van der Waals surface area contributed by atoms with Crippen molar-refractivity contribution in [2.45, 2.75) is 26.3 Å². The van der Waals surface area contributed by atoms with E-state index in [0.717, 1.165) is 11.1 Å². The molecule has 0 aliphatic heterocycles. The Labute approximate surface area is 106 Å². The third kappa shape index (κ3) is 3.76. The molecule has 1 rings (SSSR count). The molecule has 1 aromatic carbocycles. The van der Waals surface area contributed by atoms with E-state index >= 15 is 0 Å². The predicted octanol–water partition coefficient (Wildman–Crippen LogP) is 1.14. The highest BCUT2D eigenvalue weighted by Crippen LogP contribution is 2.20. The number of carboxylic acids is 1. The Morgan fingerprint density at radius 1 is 1.44 bits per heavy atom. The molecule has 0 aliphatic rings. The van der Waals surface area contributed by atoms with Gasteiger partial charge in [0.05, 0.1) is 13.5 Å². The Kier molecular flexibility index (Phi) is 4.71. The van der Waals surface area contributed by atoms with E-state index in [1.54, 1.807) is 6.07 Å². The van der Waals surface area contributed by atoms with Crippen LogP contribution in [0.1, 0.15) is 18.1 Å². The monoisotopic (exact) mass is 251 g/mol. The zero-order valence-electron chi connectivity index (χ0n) is 10.7. The first-order valence-corrected chi connectivity index (χ1v) is 5.59. The summed E-state index contributed by atoms with van der Waals surface area (Å²) in [6.45, 7) is 3.34. The van der Waals surface area contributed by atoms with Gasteiger partial charge in [-0.25, -0.2) is 0 Å². The van der Waals surface area contributed by atoms with Crippen LogP contribution in [0.2, 0.25) is 0 Å². The highest BCUT2D eigenvalue weighted by Gasteiger charge is 2.15. The minimum Gasteiger partial charge on any atom is -0.496 e. The topological polar surface area (TPSA) is 75.6 Å². The van der Waals surface area contributed by atoms with Crippen molar-refractivity contribution in [3.63, 3.8) is 0 Å². The average Bonchev–Trinajstić information content (AvgIpc) is 2.28. The molecule has 0 saturated heterocycles. The van der Waals surface area contributed by atoms with Crippen LogP contribution in [-0.2, 0) is 16.0 Å². The summed E-state index contributed by atoms with van der Waals surface area (Å²) in [5.41, 5.74) is 1.76. The standard InChI is InChI=1S/C13H17NO4/c1-8-4-5-11(18-3)10(6-8)7-12(15)14-9(2)13(16)17/h4-6,9H,7H2,1-3H3,(H,14,15)(H,16,17). The first kappa shape index (κ1) is 14.0. The number of ether oxygens (including phenoxy) is 1. The summed E-state index contributed by atoms with van der Waals surface area (Å²) in [7, 11) is 1.53. The second-order valence-electron chi connectivity index (χ2n) is 4.12. The number of hydrogen-bond acceptors (Lipinski definition) is 3. The van der Waals surface area contributed by atoms with Gasteiger partial charge in [-0.2, -0.15) is 0 Å². The summed E-state index contributed by atoms with van der Waals surface area (Å²) in [5.74, 6) is -0.771. The highest BCUT2D eigenvalue weighted by molar-refractivity contribution is 5.85. The molecule has 98 valence electrons. The molecule has 1 aromatic rings. The Morgan fingerprint density at radius 2 is 2.11 bits per heavy atom. The molecule has 5 heteroatoms. The molecule has 1 amide bonds. The number of methoxy groups -OCH3 is 1. The molecule has 0 aromatic heterocycles. The molecule has 2 N–H and O–H groups in total. The SMILES string of the molecule is COc1ccc(C)cc1CC(=O)NC(C)C(=O)O. The Balaban J connectivity index is 2.75. The predicted molar refractivity (Wildman–Crippen MR) is 66.7 cm³/mol. The van der Waals surface area contributed by atoms with Crippen LogP contribution in [0, 0.1) is 6.92 Å².